The molecular formula is C26H28BrNO2. The van der Waals surface area contributed by atoms with Crippen LogP contribution in [0.15, 0.2) is 77.3 Å². The van der Waals surface area contributed by atoms with Crippen molar-refractivity contribution in [2.45, 2.75) is 39.2 Å². The number of rotatable bonds is 6. The number of nitrogens with one attached hydrogen (secondary N) is 1. The molecule has 0 aromatic heterocycles. The van der Waals surface area contributed by atoms with Crippen LogP contribution in [0.3, 0.4) is 0 Å². The normalized spacial score (nSPS) is 12.3. The van der Waals surface area contributed by atoms with Crippen LogP contribution < -0.4 is 10.1 Å². The van der Waals surface area contributed by atoms with Gasteiger partial charge in [0.25, 0.3) is 5.91 Å². The summed E-state index contributed by atoms with van der Waals surface area (Å²) < 4.78 is 6.66. The smallest absolute Gasteiger partial charge is 0.258 e. The summed E-state index contributed by atoms with van der Waals surface area (Å²) in [6.45, 7) is 8.50. The predicted molar refractivity (Wildman–Crippen MR) is 126 cm³/mol. The molecular weight excluding hydrogens is 438 g/mol. The highest BCUT2D eigenvalue weighted by Gasteiger charge is 2.19. The summed E-state index contributed by atoms with van der Waals surface area (Å²) in [5.41, 5.74) is 4.50. The molecule has 3 nitrogen and oxygen atoms in total. The topological polar surface area (TPSA) is 38.3 Å². The van der Waals surface area contributed by atoms with Gasteiger partial charge in [0.1, 0.15) is 5.75 Å². The molecule has 156 valence electrons. The lowest BCUT2D eigenvalue weighted by Crippen LogP contribution is -2.33. The van der Waals surface area contributed by atoms with Gasteiger partial charge in [0.15, 0.2) is 6.61 Å². The third kappa shape index (κ3) is 5.51. The van der Waals surface area contributed by atoms with Gasteiger partial charge >= 0.3 is 0 Å². The zero-order valence-electron chi connectivity index (χ0n) is 17.9. The Labute approximate surface area is 187 Å². The first-order chi connectivity index (χ1) is 14.3. The molecule has 1 atom stereocenters. The minimum absolute atomic E-state index is 0.0505. The van der Waals surface area contributed by atoms with Crippen LogP contribution >= 0.6 is 15.9 Å². The number of halogens is 1. The molecule has 0 saturated carbocycles. The lowest BCUT2D eigenvalue weighted by Gasteiger charge is -2.22. The minimum atomic E-state index is -0.227. The van der Waals surface area contributed by atoms with E-state index in [1.807, 2.05) is 60.7 Å². The van der Waals surface area contributed by atoms with Crippen LogP contribution in [0.5, 0.6) is 5.75 Å². The van der Waals surface area contributed by atoms with Crippen LogP contribution in [0, 0.1) is 6.92 Å². The van der Waals surface area contributed by atoms with Gasteiger partial charge in [-0.1, -0.05) is 81.4 Å². The summed E-state index contributed by atoms with van der Waals surface area (Å²) in [4.78, 5) is 12.8. The van der Waals surface area contributed by atoms with E-state index in [0.717, 1.165) is 21.2 Å². The molecule has 0 aliphatic rings. The Balaban J connectivity index is 1.74. The molecule has 3 aromatic rings. The summed E-state index contributed by atoms with van der Waals surface area (Å²) >= 11 is 3.57. The van der Waals surface area contributed by atoms with Gasteiger partial charge in [-0.05, 0) is 62.7 Å². The van der Waals surface area contributed by atoms with Crippen molar-refractivity contribution in [1.82, 2.24) is 5.32 Å². The number of carbonyl (C=O) groups excluding carboxylic acids is 1. The molecule has 3 aromatic carbocycles. The zero-order valence-corrected chi connectivity index (χ0v) is 19.5. The van der Waals surface area contributed by atoms with E-state index in [1.165, 1.54) is 5.56 Å². The molecule has 0 aliphatic carbocycles. The maximum atomic E-state index is 12.8. The van der Waals surface area contributed by atoms with Crippen LogP contribution in [-0.2, 0) is 10.2 Å². The van der Waals surface area contributed by atoms with Crippen LogP contribution in [-0.4, -0.2) is 12.5 Å². The average molecular weight is 466 g/mol. The van der Waals surface area contributed by atoms with Gasteiger partial charge in [-0.25, -0.2) is 0 Å². The van der Waals surface area contributed by atoms with Crippen LogP contribution in [0.4, 0.5) is 0 Å². The summed E-state index contributed by atoms with van der Waals surface area (Å²) in [5.74, 6) is 0.490. The Hall–Kier alpha value is -2.59. The van der Waals surface area contributed by atoms with Crippen molar-refractivity contribution in [1.29, 1.82) is 0 Å². The largest absolute Gasteiger partial charge is 0.483 e. The van der Waals surface area contributed by atoms with Crippen molar-refractivity contribution >= 4 is 21.8 Å². The van der Waals surface area contributed by atoms with E-state index in [9.17, 15) is 4.79 Å². The monoisotopic (exact) mass is 465 g/mol. The number of aryl methyl sites for hydroxylation is 1. The van der Waals surface area contributed by atoms with Crippen molar-refractivity contribution in [3.63, 3.8) is 0 Å². The number of amides is 1. The first-order valence-electron chi connectivity index (χ1n) is 10.1. The quantitative estimate of drug-likeness (QED) is 0.461. The first-order valence-corrected chi connectivity index (χ1v) is 10.9. The zero-order chi connectivity index (χ0) is 21.7. The molecule has 1 amide bonds. The Bertz CT molecular complexity index is 1010. The number of carbonyl (C=O) groups is 1. The van der Waals surface area contributed by atoms with Gasteiger partial charge in [0.2, 0.25) is 0 Å². The highest BCUT2D eigenvalue weighted by Crippen LogP contribution is 2.31. The lowest BCUT2D eigenvalue weighted by atomic mass is 9.87. The van der Waals surface area contributed by atoms with Crippen LogP contribution in [0.2, 0.25) is 0 Å². The summed E-state index contributed by atoms with van der Waals surface area (Å²) in [5, 5.41) is 3.14. The van der Waals surface area contributed by atoms with Crippen molar-refractivity contribution in [3.05, 3.63) is 99.5 Å². The maximum Gasteiger partial charge on any atom is 0.258 e. The predicted octanol–water partition coefficient (Wildman–Crippen LogP) is 6.34. The standard InChI is InChI=1S/C26H28BrNO2/c1-18-10-8-9-13-21(18)25(19-11-6-5-7-12-19)28-24(29)17-30-23-15-14-20(16-22(23)27)26(2,3)4/h5-16,25H,17H2,1-4H3,(H,28,29). The van der Waals surface area contributed by atoms with Gasteiger partial charge in [-0.2, -0.15) is 0 Å². The molecule has 0 heterocycles. The molecule has 0 saturated heterocycles. The number of benzene rings is 3. The van der Waals surface area contributed by atoms with Gasteiger partial charge in [-0.15, -0.1) is 0 Å². The second-order valence-corrected chi connectivity index (χ2v) is 9.31. The first kappa shape index (κ1) is 22.1. The van der Waals surface area contributed by atoms with Crippen molar-refractivity contribution in [2.75, 3.05) is 6.61 Å². The molecule has 0 radical (unpaired) electrons. The molecule has 30 heavy (non-hydrogen) atoms. The number of ether oxygens (including phenoxy) is 1. The Morgan fingerprint density at radius 2 is 1.67 bits per heavy atom. The highest BCUT2D eigenvalue weighted by atomic mass is 79.9. The third-order valence-corrected chi connectivity index (χ3v) is 5.71. The van der Waals surface area contributed by atoms with E-state index in [1.54, 1.807) is 0 Å². The second-order valence-electron chi connectivity index (χ2n) is 8.45. The Morgan fingerprint density at radius 1 is 1.00 bits per heavy atom. The fourth-order valence-corrected chi connectivity index (χ4v) is 3.82. The minimum Gasteiger partial charge on any atom is -0.483 e. The average Bonchev–Trinajstić information content (AvgIpc) is 2.71. The van der Waals surface area contributed by atoms with E-state index in [2.05, 4.69) is 61.1 Å². The summed E-state index contributed by atoms with van der Waals surface area (Å²) in [6.07, 6.45) is 0. The molecule has 0 spiro atoms. The molecule has 4 heteroatoms. The fraction of sp³-hybridized carbons (Fsp3) is 0.269. The molecule has 3 rings (SSSR count). The van der Waals surface area contributed by atoms with Gasteiger partial charge in [0.05, 0.1) is 10.5 Å². The van der Waals surface area contributed by atoms with Crippen LogP contribution in [0.1, 0.15) is 49.1 Å². The number of hydrogen-bond acceptors (Lipinski definition) is 2. The van der Waals surface area contributed by atoms with Crippen molar-refractivity contribution in [3.8, 4) is 5.75 Å². The van der Waals surface area contributed by atoms with Crippen LogP contribution in [0.25, 0.3) is 0 Å². The second kappa shape index (κ2) is 9.48. The summed E-state index contributed by atoms with van der Waals surface area (Å²) in [6, 6.07) is 23.9. The molecule has 1 N–H and O–H groups in total. The molecule has 0 bridgehead atoms. The third-order valence-electron chi connectivity index (χ3n) is 5.09. The summed E-state index contributed by atoms with van der Waals surface area (Å²) in [7, 11) is 0. The van der Waals surface area contributed by atoms with Gasteiger partial charge < -0.3 is 10.1 Å². The SMILES string of the molecule is Cc1ccccc1C(NC(=O)COc1ccc(C(C)(C)C)cc1Br)c1ccccc1. The molecule has 0 aliphatic heterocycles. The highest BCUT2D eigenvalue weighted by molar-refractivity contribution is 9.10. The molecule has 1 unspecified atom stereocenters. The maximum absolute atomic E-state index is 12.8. The fourth-order valence-electron chi connectivity index (χ4n) is 3.33. The van der Waals surface area contributed by atoms with E-state index in [-0.39, 0.29) is 24.0 Å². The Morgan fingerprint density at radius 3 is 2.30 bits per heavy atom. The van der Waals surface area contributed by atoms with Gasteiger partial charge in [0, 0.05) is 0 Å². The molecule has 0 fully saturated rings. The number of hydrogen-bond donors (Lipinski definition) is 1. The van der Waals surface area contributed by atoms with Crippen molar-refractivity contribution < 1.29 is 9.53 Å². The van der Waals surface area contributed by atoms with E-state index in [0.29, 0.717) is 5.75 Å². The lowest BCUT2D eigenvalue weighted by molar-refractivity contribution is -0.123. The van der Waals surface area contributed by atoms with Crippen molar-refractivity contribution in [2.24, 2.45) is 0 Å². The Kier molecular flexibility index (Phi) is 6.99. The van der Waals surface area contributed by atoms with E-state index >= 15 is 0 Å². The van der Waals surface area contributed by atoms with Gasteiger partial charge in [-0.3, -0.25) is 4.79 Å². The van der Waals surface area contributed by atoms with E-state index in [4.69, 9.17) is 4.74 Å². The van der Waals surface area contributed by atoms with E-state index < -0.39 is 0 Å².